The second-order valence-electron chi connectivity index (χ2n) is 9.87. The molecule has 0 N–H and O–H groups in total. The number of hydrogen-bond donors (Lipinski definition) is 0. The van der Waals surface area contributed by atoms with Crippen molar-refractivity contribution >= 4 is 29.3 Å². The van der Waals surface area contributed by atoms with Gasteiger partial charge in [-0.1, -0.05) is 29.5 Å². The predicted molar refractivity (Wildman–Crippen MR) is 158 cm³/mol. The topological polar surface area (TPSA) is 109 Å². The molecule has 0 aliphatic carbocycles. The number of fused-ring (bicyclic) bond motifs is 1. The maximum atomic E-state index is 13.9. The SMILES string of the molecule is CCOC(=O)C1=C(C)N=c2s/c(=C/c3ccc(OCC(=O)N4CCCC4)c(OC)c3)c(=O)n2[C@@H]1c1cccc(OC)c1. The Labute approximate surface area is 247 Å². The van der Waals surface area contributed by atoms with Crippen molar-refractivity contribution in [3.8, 4) is 17.2 Å². The van der Waals surface area contributed by atoms with Crippen LogP contribution in [0, 0.1) is 0 Å². The van der Waals surface area contributed by atoms with E-state index < -0.39 is 12.0 Å². The highest BCUT2D eigenvalue weighted by Gasteiger charge is 2.33. The largest absolute Gasteiger partial charge is 0.497 e. The summed E-state index contributed by atoms with van der Waals surface area (Å²) in [5.41, 5.74) is 1.90. The number of allylic oxidation sites excluding steroid dienone is 1. The van der Waals surface area contributed by atoms with E-state index in [4.69, 9.17) is 18.9 Å². The molecule has 42 heavy (non-hydrogen) atoms. The van der Waals surface area contributed by atoms with Crippen LogP contribution < -0.4 is 29.1 Å². The van der Waals surface area contributed by atoms with Crippen molar-refractivity contribution < 1.29 is 28.5 Å². The lowest BCUT2D eigenvalue weighted by atomic mass is 9.95. The smallest absolute Gasteiger partial charge is 0.338 e. The van der Waals surface area contributed by atoms with Gasteiger partial charge in [0.15, 0.2) is 22.9 Å². The van der Waals surface area contributed by atoms with Crippen molar-refractivity contribution in [3.05, 3.63) is 84.5 Å². The minimum atomic E-state index is -0.740. The van der Waals surface area contributed by atoms with Gasteiger partial charge in [0, 0.05) is 13.1 Å². The lowest BCUT2D eigenvalue weighted by molar-refractivity contribution is -0.139. The molecule has 10 nitrogen and oxygen atoms in total. The van der Waals surface area contributed by atoms with Crippen LogP contribution in [0.1, 0.15) is 43.9 Å². The summed E-state index contributed by atoms with van der Waals surface area (Å²) < 4.78 is 24.0. The second kappa shape index (κ2) is 12.6. The van der Waals surface area contributed by atoms with Gasteiger partial charge in [0.2, 0.25) is 0 Å². The Hall–Kier alpha value is -4.38. The van der Waals surface area contributed by atoms with Crippen LogP contribution in [0.5, 0.6) is 17.2 Å². The minimum Gasteiger partial charge on any atom is -0.497 e. The summed E-state index contributed by atoms with van der Waals surface area (Å²) in [6.45, 7) is 5.12. The molecule has 0 unspecified atom stereocenters. The molecule has 3 heterocycles. The first-order valence-electron chi connectivity index (χ1n) is 13.8. The highest BCUT2D eigenvalue weighted by atomic mass is 32.1. The number of carbonyl (C=O) groups is 2. The van der Waals surface area contributed by atoms with Crippen LogP contribution in [0.2, 0.25) is 0 Å². The summed E-state index contributed by atoms with van der Waals surface area (Å²) in [6, 6.07) is 11.8. The number of thiazole rings is 1. The summed E-state index contributed by atoms with van der Waals surface area (Å²) in [5.74, 6) is 0.910. The van der Waals surface area contributed by atoms with Crippen LogP contribution in [0.25, 0.3) is 6.08 Å². The molecular weight excluding hydrogens is 558 g/mol. The number of carbonyl (C=O) groups excluding carboxylic acids is 2. The van der Waals surface area contributed by atoms with E-state index in [1.165, 1.54) is 23.0 Å². The van der Waals surface area contributed by atoms with Crippen molar-refractivity contribution in [2.45, 2.75) is 32.7 Å². The van der Waals surface area contributed by atoms with E-state index in [1.54, 1.807) is 62.3 Å². The standard InChI is InChI=1S/C31H33N3O7S/c1-5-40-30(37)27-19(2)32-31-34(28(27)21-9-8-10-22(17-21)38-3)29(36)25(42-31)16-20-11-12-23(24(15-20)39-4)41-18-26(35)33-13-6-7-14-33/h8-12,15-17,28H,5-7,13-14,18H2,1-4H3/b25-16+/t28-/m1/s1. The Morgan fingerprint density at radius 3 is 2.57 bits per heavy atom. The minimum absolute atomic E-state index is 0.0530. The molecule has 0 spiro atoms. The van der Waals surface area contributed by atoms with E-state index in [0.717, 1.165) is 25.9 Å². The van der Waals surface area contributed by atoms with E-state index in [1.807, 2.05) is 12.1 Å². The molecule has 3 aromatic rings. The second-order valence-corrected chi connectivity index (χ2v) is 10.9. The number of ether oxygens (including phenoxy) is 4. The first kappa shape index (κ1) is 29.1. The van der Waals surface area contributed by atoms with Crippen molar-refractivity contribution in [1.29, 1.82) is 0 Å². The third kappa shape index (κ3) is 5.82. The van der Waals surface area contributed by atoms with E-state index >= 15 is 0 Å². The van der Waals surface area contributed by atoms with E-state index in [-0.39, 0.29) is 24.7 Å². The van der Waals surface area contributed by atoms with Gasteiger partial charge in [0.1, 0.15) is 5.75 Å². The highest BCUT2D eigenvalue weighted by molar-refractivity contribution is 7.07. The molecule has 1 aromatic heterocycles. The molecular formula is C31H33N3O7S. The van der Waals surface area contributed by atoms with Crippen LogP contribution in [-0.4, -0.2) is 61.9 Å². The number of methoxy groups -OCH3 is 2. The van der Waals surface area contributed by atoms with Crippen molar-refractivity contribution in [2.24, 2.45) is 4.99 Å². The van der Waals surface area contributed by atoms with Gasteiger partial charge in [-0.15, -0.1) is 0 Å². The fourth-order valence-electron chi connectivity index (χ4n) is 5.16. The van der Waals surface area contributed by atoms with Gasteiger partial charge in [-0.05, 0) is 68.2 Å². The van der Waals surface area contributed by atoms with Gasteiger partial charge < -0.3 is 23.8 Å². The number of amides is 1. The first-order chi connectivity index (χ1) is 20.3. The van der Waals surface area contributed by atoms with Crippen molar-refractivity contribution in [3.63, 3.8) is 0 Å². The molecule has 1 saturated heterocycles. The zero-order valence-electron chi connectivity index (χ0n) is 24.0. The molecule has 2 aliphatic rings. The summed E-state index contributed by atoms with van der Waals surface area (Å²) in [7, 11) is 3.09. The average Bonchev–Trinajstić information content (AvgIpc) is 3.64. The summed E-state index contributed by atoms with van der Waals surface area (Å²) in [6.07, 6.45) is 3.77. The van der Waals surface area contributed by atoms with Gasteiger partial charge >= 0.3 is 5.97 Å². The Morgan fingerprint density at radius 2 is 1.86 bits per heavy atom. The summed E-state index contributed by atoms with van der Waals surface area (Å²) in [5, 5.41) is 0. The lowest BCUT2D eigenvalue weighted by Gasteiger charge is -2.25. The molecule has 220 valence electrons. The third-order valence-corrected chi connectivity index (χ3v) is 8.20. The number of benzene rings is 2. The maximum Gasteiger partial charge on any atom is 0.338 e. The van der Waals surface area contributed by atoms with Crippen LogP contribution in [0.4, 0.5) is 0 Å². The normalized spacial score (nSPS) is 16.6. The maximum absolute atomic E-state index is 13.9. The number of hydrogen-bond acceptors (Lipinski definition) is 9. The monoisotopic (exact) mass is 591 g/mol. The Morgan fingerprint density at radius 1 is 1.07 bits per heavy atom. The molecule has 11 heteroatoms. The summed E-state index contributed by atoms with van der Waals surface area (Å²) in [4.78, 5) is 46.3. The van der Waals surface area contributed by atoms with Gasteiger partial charge in [-0.25, -0.2) is 9.79 Å². The fraction of sp³-hybridized carbons (Fsp3) is 0.355. The van der Waals surface area contributed by atoms with Crippen molar-refractivity contribution in [1.82, 2.24) is 9.47 Å². The van der Waals surface area contributed by atoms with E-state index in [2.05, 4.69) is 4.99 Å². The van der Waals surface area contributed by atoms with Gasteiger partial charge in [-0.3, -0.25) is 14.2 Å². The Kier molecular flexibility index (Phi) is 8.77. The predicted octanol–water partition coefficient (Wildman–Crippen LogP) is 2.82. The van der Waals surface area contributed by atoms with Crippen LogP contribution in [-0.2, 0) is 14.3 Å². The van der Waals surface area contributed by atoms with Gasteiger partial charge in [0.25, 0.3) is 11.5 Å². The van der Waals surface area contributed by atoms with Crippen LogP contribution in [0.15, 0.2) is 63.5 Å². The number of esters is 1. The molecule has 1 atom stereocenters. The molecule has 0 bridgehead atoms. The van der Waals surface area contributed by atoms with Gasteiger partial charge in [0.05, 0.1) is 42.7 Å². The quantitative estimate of drug-likeness (QED) is 0.352. The molecule has 0 radical (unpaired) electrons. The summed E-state index contributed by atoms with van der Waals surface area (Å²) >= 11 is 1.23. The average molecular weight is 592 g/mol. The van der Waals surface area contributed by atoms with Gasteiger partial charge in [-0.2, -0.15) is 0 Å². The number of nitrogens with zero attached hydrogens (tertiary/aromatic N) is 3. The number of aromatic nitrogens is 1. The van der Waals surface area contributed by atoms with E-state index in [0.29, 0.717) is 49.0 Å². The fourth-order valence-corrected chi connectivity index (χ4v) is 6.21. The van der Waals surface area contributed by atoms with Crippen LogP contribution >= 0.6 is 11.3 Å². The molecule has 2 aliphatic heterocycles. The molecule has 5 rings (SSSR count). The zero-order chi connectivity index (χ0) is 29.8. The zero-order valence-corrected chi connectivity index (χ0v) is 24.9. The highest BCUT2D eigenvalue weighted by Crippen LogP contribution is 2.32. The molecule has 1 fully saturated rings. The number of rotatable bonds is 9. The molecule has 0 saturated carbocycles. The Balaban J connectivity index is 1.52. The molecule has 2 aromatic carbocycles. The van der Waals surface area contributed by atoms with E-state index in [9.17, 15) is 14.4 Å². The number of likely N-dealkylation sites (tertiary alicyclic amines) is 1. The first-order valence-corrected chi connectivity index (χ1v) is 14.6. The van der Waals surface area contributed by atoms with Crippen LogP contribution in [0.3, 0.4) is 0 Å². The lowest BCUT2D eigenvalue weighted by Crippen LogP contribution is -2.39. The Bertz CT molecular complexity index is 1720. The molecule has 1 amide bonds. The van der Waals surface area contributed by atoms with Crippen molar-refractivity contribution in [2.75, 3.05) is 40.5 Å². The third-order valence-electron chi connectivity index (χ3n) is 7.22.